The van der Waals surface area contributed by atoms with E-state index in [0.717, 1.165) is 49.4 Å². The number of hydrogen-bond donors (Lipinski definition) is 0. The SMILES string of the molecule is CCN(Cc1ccccc1)C(=O)C1CCN(c2ncnc3onc(C)c23)CC1. The summed E-state index contributed by atoms with van der Waals surface area (Å²) in [7, 11) is 0. The maximum absolute atomic E-state index is 13.1. The molecule has 0 aliphatic carbocycles. The van der Waals surface area contributed by atoms with E-state index in [2.05, 4.69) is 32.2 Å². The third kappa shape index (κ3) is 3.56. The lowest BCUT2D eigenvalue weighted by atomic mass is 9.94. The fraction of sp³-hybridized carbons (Fsp3) is 0.429. The molecule has 0 bridgehead atoms. The molecule has 1 aliphatic rings. The van der Waals surface area contributed by atoms with Gasteiger partial charge < -0.3 is 14.3 Å². The highest BCUT2D eigenvalue weighted by Crippen LogP contribution is 2.30. The Morgan fingerprint density at radius 3 is 2.68 bits per heavy atom. The first kappa shape index (κ1) is 18.4. The Balaban J connectivity index is 1.43. The smallest absolute Gasteiger partial charge is 0.263 e. The number of fused-ring (bicyclic) bond motifs is 1. The van der Waals surface area contributed by atoms with E-state index in [1.54, 1.807) is 0 Å². The molecular weight excluding hydrogens is 354 g/mol. The van der Waals surface area contributed by atoms with Crippen molar-refractivity contribution < 1.29 is 9.32 Å². The Morgan fingerprint density at radius 2 is 1.96 bits per heavy atom. The zero-order valence-corrected chi connectivity index (χ0v) is 16.3. The standard InChI is InChI=1S/C21H25N5O2/c1-3-25(13-16-7-5-4-6-8-16)21(27)17-9-11-26(12-10-17)19-18-15(2)24-28-20(18)23-14-22-19/h4-8,14,17H,3,9-13H2,1-2H3. The lowest BCUT2D eigenvalue weighted by molar-refractivity contribution is -0.136. The highest BCUT2D eigenvalue weighted by molar-refractivity contribution is 5.88. The highest BCUT2D eigenvalue weighted by atomic mass is 16.5. The fourth-order valence-electron chi connectivity index (χ4n) is 3.89. The van der Waals surface area contributed by atoms with Gasteiger partial charge in [0, 0.05) is 32.1 Å². The molecular formula is C21H25N5O2. The van der Waals surface area contributed by atoms with Crippen molar-refractivity contribution in [3.63, 3.8) is 0 Å². The van der Waals surface area contributed by atoms with Crippen molar-refractivity contribution in [3.05, 3.63) is 47.9 Å². The molecule has 1 saturated heterocycles. The van der Waals surface area contributed by atoms with Gasteiger partial charge in [0.25, 0.3) is 5.71 Å². The number of carbonyl (C=O) groups is 1. The Labute approximate surface area is 164 Å². The van der Waals surface area contributed by atoms with Crippen LogP contribution in [0, 0.1) is 12.8 Å². The molecule has 1 fully saturated rings. The van der Waals surface area contributed by atoms with Gasteiger partial charge in [0.05, 0.1) is 5.69 Å². The normalized spacial score (nSPS) is 15.1. The van der Waals surface area contributed by atoms with Crippen molar-refractivity contribution in [2.45, 2.75) is 33.2 Å². The summed E-state index contributed by atoms with van der Waals surface area (Å²) in [6.45, 7) is 6.91. The predicted molar refractivity (Wildman–Crippen MR) is 107 cm³/mol. The number of anilines is 1. The predicted octanol–water partition coefficient (Wildman–Crippen LogP) is 3.19. The molecule has 7 heteroatoms. The number of nitrogens with zero attached hydrogens (tertiary/aromatic N) is 5. The van der Waals surface area contributed by atoms with Crippen LogP contribution in [0.2, 0.25) is 0 Å². The zero-order valence-electron chi connectivity index (χ0n) is 16.3. The topological polar surface area (TPSA) is 75.4 Å². The van der Waals surface area contributed by atoms with Gasteiger partial charge in [-0.1, -0.05) is 35.5 Å². The van der Waals surface area contributed by atoms with Crippen LogP contribution in [-0.2, 0) is 11.3 Å². The molecule has 2 aromatic heterocycles. The molecule has 0 unspecified atom stereocenters. The molecule has 0 spiro atoms. The Morgan fingerprint density at radius 1 is 1.21 bits per heavy atom. The first-order valence-electron chi connectivity index (χ1n) is 9.82. The summed E-state index contributed by atoms with van der Waals surface area (Å²) >= 11 is 0. The molecule has 1 aliphatic heterocycles. The van der Waals surface area contributed by atoms with Crippen LogP contribution in [0.3, 0.4) is 0 Å². The van der Waals surface area contributed by atoms with E-state index in [9.17, 15) is 4.79 Å². The van der Waals surface area contributed by atoms with Gasteiger partial charge in [-0.15, -0.1) is 0 Å². The average Bonchev–Trinajstić information content (AvgIpc) is 3.13. The van der Waals surface area contributed by atoms with E-state index in [0.29, 0.717) is 12.3 Å². The lowest BCUT2D eigenvalue weighted by Crippen LogP contribution is -2.42. The molecule has 0 saturated carbocycles. The van der Waals surface area contributed by atoms with Gasteiger partial charge in [0.2, 0.25) is 5.91 Å². The molecule has 1 aromatic carbocycles. The molecule has 4 rings (SSSR count). The largest absolute Gasteiger partial charge is 0.356 e. The summed E-state index contributed by atoms with van der Waals surface area (Å²) in [4.78, 5) is 25.8. The number of carbonyl (C=O) groups excluding carboxylic acids is 1. The minimum Gasteiger partial charge on any atom is -0.356 e. The van der Waals surface area contributed by atoms with Crippen LogP contribution in [0.1, 0.15) is 31.0 Å². The second kappa shape index (κ2) is 7.96. The molecule has 0 N–H and O–H groups in total. The summed E-state index contributed by atoms with van der Waals surface area (Å²) in [5.41, 5.74) is 2.48. The van der Waals surface area contributed by atoms with Crippen LogP contribution in [0.4, 0.5) is 5.82 Å². The van der Waals surface area contributed by atoms with Crippen LogP contribution in [0.15, 0.2) is 41.2 Å². The Bertz CT molecular complexity index is 948. The summed E-state index contributed by atoms with van der Waals surface area (Å²) in [6, 6.07) is 10.2. The molecule has 3 heterocycles. The van der Waals surface area contributed by atoms with Gasteiger partial charge in [-0.3, -0.25) is 4.79 Å². The fourth-order valence-corrected chi connectivity index (χ4v) is 3.89. The maximum atomic E-state index is 13.1. The van der Waals surface area contributed by atoms with Crippen LogP contribution < -0.4 is 4.90 Å². The van der Waals surface area contributed by atoms with E-state index in [1.807, 2.05) is 36.9 Å². The zero-order chi connectivity index (χ0) is 19.5. The second-order valence-electron chi connectivity index (χ2n) is 7.24. The van der Waals surface area contributed by atoms with Crippen LogP contribution in [0.25, 0.3) is 11.1 Å². The third-order valence-corrected chi connectivity index (χ3v) is 5.48. The number of rotatable bonds is 5. The van der Waals surface area contributed by atoms with Gasteiger partial charge in [-0.25, -0.2) is 4.98 Å². The first-order chi connectivity index (χ1) is 13.7. The lowest BCUT2D eigenvalue weighted by Gasteiger charge is -2.34. The van der Waals surface area contributed by atoms with E-state index >= 15 is 0 Å². The second-order valence-corrected chi connectivity index (χ2v) is 7.24. The maximum Gasteiger partial charge on any atom is 0.263 e. The Hall–Kier alpha value is -2.96. The van der Waals surface area contributed by atoms with Crippen molar-refractivity contribution in [1.82, 2.24) is 20.0 Å². The van der Waals surface area contributed by atoms with Gasteiger partial charge in [-0.05, 0) is 32.3 Å². The van der Waals surface area contributed by atoms with Crippen molar-refractivity contribution in [2.24, 2.45) is 5.92 Å². The number of aromatic nitrogens is 3. The highest BCUT2D eigenvalue weighted by Gasteiger charge is 2.30. The van der Waals surface area contributed by atoms with Gasteiger partial charge >= 0.3 is 0 Å². The molecule has 7 nitrogen and oxygen atoms in total. The number of benzene rings is 1. The van der Waals surface area contributed by atoms with Crippen molar-refractivity contribution in [3.8, 4) is 0 Å². The Kier molecular flexibility index (Phi) is 5.23. The summed E-state index contributed by atoms with van der Waals surface area (Å²) in [5, 5.41) is 4.87. The van der Waals surface area contributed by atoms with E-state index < -0.39 is 0 Å². The average molecular weight is 379 g/mol. The van der Waals surface area contributed by atoms with Gasteiger partial charge in [0.15, 0.2) is 0 Å². The summed E-state index contributed by atoms with van der Waals surface area (Å²) < 4.78 is 5.25. The molecule has 28 heavy (non-hydrogen) atoms. The van der Waals surface area contributed by atoms with Crippen molar-refractivity contribution in [2.75, 3.05) is 24.5 Å². The van der Waals surface area contributed by atoms with E-state index in [4.69, 9.17) is 4.52 Å². The molecule has 146 valence electrons. The minimum absolute atomic E-state index is 0.0563. The molecule has 1 amide bonds. The van der Waals surface area contributed by atoms with Gasteiger partial charge in [0.1, 0.15) is 17.5 Å². The number of piperidine rings is 1. The molecule has 0 radical (unpaired) electrons. The van der Waals surface area contributed by atoms with Crippen molar-refractivity contribution >= 4 is 22.8 Å². The van der Waals surface area contributed by atoms with Gasteiger partial charge in [-0.2, -0.15) is 4.98 Å². The monoisotopic (exact) mass is 379 g/mol. The third-order valence-electron chi connectivity index (χ3n) is 5.48. The van der Waals surface area contributed by atoms with Crippen LogP contribution in [0.5, 0.6) is 0 Å². The van der Waals surface area contributed by atoms with E-state index in [-0.39, 0.29) is 11.8 Å². The number of amides is 1. The van der Waals surface area contributed by atoms with Crippen LogP contribution >= 0.6 is 0 Å². The molecule has 3 aromatic rings. The quantitative estimate of drug-likeness (QED) is 0.678. The summed E-state index contributed by atoms with van der Waals surface area (Å²) in [6.07, 6.45) is 3.15. The first-order valence-corrected chi connectivity index (χ1v) is 9.82. The van der Waals surface area contributed by atoms with E-state index in [1.165, 1.54) is 11.9 Å². The minimum atomic E-state index is 0.0563. The summed E-state index contributed by atoms with van der Waals surface area (Å²) in [5.74, 6) is 1.16. The number of hydrogen-bond acceptors (Lipinski definition) is 6. The van der Waals surface area contributed by atoms with Crippen LogP contribution in [-0.4, -0.2) is 45.6 Å². The molecule has 0 atom stereocenters. The van der Waals surface area contributed by atoms with Crippen molar-refractivity contribution in [1.29, 1.82) is 0 Å². The number of aryl methyl sites for hydroxylation is 1.